The number of nitrogens with two attached hydrogens (primary N) is 1. The summed E-state index contributed by atoms with van der Waals surface area (Å²) in [6, 6.07) is 2.35. The predicted octanol–water partition coefficient (Wildman–Crippen LogP) is 1.23. The summed E-state index contributed by atoms with van der Waals surface area (Å²) in [7, 11) is -2.27. The first kappa shape index (κ1) is 15.2. The molecule has 0 aromatic heterocycles. The van der Waals surface area contributed by atoms with Gasteiger partial charge in [-0.05, 0) is 31.5 Å². The van der Waals surface area contributed by atoms with Gasteiger partial charge < -0.3 is 10.8 Å². The Hall–Kier alpha value is -0.820. The lowest BCUT2D eigenvalue weighted by Crippen LogP contribution is -2.37. The fourth-order valence-electron chi connectivity index (χ4n) is 1.45. The molecule has 0 aliphatic carbocycles. The van der Waals surface area contributed by atoms with E-state index in [1.54, 1.807) is 13.8 Å². The Morgan fingerprint density at radius 2 is 2.06 bits per heavy atom. The largest absolute Gasteiger partial charge is 0.397 e. The van der Waals surface area contributed by atoms with Gasteiger partial charge in [0.05, 0.1) is 22.2 Å². The van der Waals surface area contributed by atoms with E-state index in [9.17, 15) is 8.42 Å². The minimum absolute atomic E-state index is 0.104. The van der Waals surface area contributed by atoms with Crippen LogP contribution in [0.15, 0.2) is 17.0 Å². The number of likely N-dealkylation sites (N-methyl/N-ethyl adjacent to an activating group) is 1. The van der Waals surface area contributed by atoms with Crippen molar-refractivity contribution in [2.75, 3.05) is 19.4 Å². The van der Waals surface area contributed by atoms with E-state index in [2.05, 4.69) is 0 Å². The van der Waals surface area contributed by atoms with Gasteiger partial charge in [0.25, 0.3) is 0 Å². The molecule has 0 amide bonds. The van der Waals surface area contributed by atoms with Crippen molar-refractivity contribution in [3.8, 4) is 0 Å². The van der Waals surface area contributed by atoms with Crippen molar-refractivity contribution in [3.63, 3.8) is 0 Å². The summed E-state index contributed by atoms with van der Waals surface area (Å²) in [6.45, 7) is 3.01. The fourth-order valence-corrected chi connectivity index (χ4v) is 3.26. The second-order valence-corrected chi connectivity index (χ2v) is 6.57. The Balaban J connectivity index is 3.33. The van der Waals surface area contributed by atoms with Crippen LogP contribution in [-0.4, -0.2) is 37.5 Å². The van der Waals surface area contributed by atoms with Gasteiger partial charge in [-0.25, -0.2) is 8.42 Å². The number of aliphatic hydroxyl groups excluding tert-OH is 1. The molecule has 0 radical (unpaired) electrons. The van der Waals surface area contributed by atoms with Crippen LogP contribution < -0.4 is 5.73 Å². The van der Waals surface area contributed by atoms with E-state index < -0.39 is 16.1 Å². The van der Waals surface area contributed by atoms with Crippen molar-refractivity contribution in [2.45, 2.75) is 24.8 Å². The maximum absolute atomic E-state index is 12.3. The van der Waals surface area contributed by atoms with E-state index >= 15 is 0 Å². The Kier molecular flexibility index (Phi) is 4.61. The molecule has 3 N–H and O–H groups in total. The number of benzene rings is 1. The van der Waals surface area contributed by atoms with Gasteiger partial charge in [-0.15, -0.1) is 0 Å². The Morgan fingerprint density at radius 1 is 1.50 bits per heavy atom. The van der Waals surface area contributed by atoms with Gasteiger partial charge in [0.2, 0.25) is 10.0 Å². The van der Waals surface area contributed by atoms with Crippen molar-refractivity contribution in [3.05, 3.63) is 22.7 Å². The standard InChI is InChI=1S/C11H17ClN2O3S/c1-7-4-9(12)10(13)5-11(7)18(16,17)14(3)8(2)6-15/h4-5,8,15H,6,13H2,1-3H3. The molecule has 0 heterocycles. The molecule has 0 spiro atoms. The van der Waals surface area contributed by atoms with Crippen LogP contribution in [0, 0.1) is 6.92 Å². The zero-order chi connectivity index (χ0) is 14.1. The molecule has 1 unspecified atom stereocenters. The highest BCUT2D eigenvalue weighted by Gasteiger charge is 2.27. The summed E-state index contributed by atoms with van der Waals surface area (Å²) in [5.74, 6) is 0. The molecule has 5 nitrogen and oxygen atoms in total. The Morgan fingerprint density at radius 3 is 2.56 bits per heavy atom. The van der Waals surface area contributed by atoms with Gasteiger partial charge in [0.1, 0.15) is 0 Å². The molecule has 1 rings (SSSR count). The third-order valence-electron chi connectivity index (χ3n) is 2.84. The molecule has 0 aliphatic rings. The molecule has 7 heteroatoms. The number of hydrogen-bond acceptors (Lipinski definition) is 4. The third-order valence-corrected chi connectivity index (χ3v) is 5.28. The molecular formula is C11H17ClN2O3S. The number of rotatable bonds is 4. The van der Waals surface area contributed by atoms with E-state index in [0.717, 1.165) is 4.31 Å². The van der Waals surface area contributed by atoms with Crippen LogP contribution in [0.25, 0.3) is 0 Å². The highest BCUT2D eigenvalue weighted by Crippen LogP contribution is 2.28. The summed E-state index contributed by atoms with van der Waals surface area (Å²) in [5.41, 5.74) is 6.36. The summed E-state index contributed by atoms with van der Waals surface area (Å²) in [4.78, 5) is 0.104. The molecule has 0 fully saturated rings. The maximum Gasteiger partial charge on any atom is 0.243 e. The number of anilines is 1. The second kappa shape index (κ2) is 5.44. The van der Waals surface area contributed by atoms with Gasteiger partial charge in [-0.2, -0.15) is 4.31 Å². The molecule has 0 saturated heterocycles. The number of aliphatic hydroxyl groups is 1. The lowest BCUT2D eigenvalue weighted by Gasteiger charge is -2.23. The van der Waals surface area contributed by atoms with Crippen LogP contribution in [0.4, 0.5) is 5.69 Å². The Bertz CT molecular complexity index is 545. The van der Waals surface area contributed by atoms with Gasteiger partial charge in [0.15, 0.2) is 0 Å². The van der Waals surface area contributed by atoms with E-state index in [0.29, 0.717) is 10.6 Å². The van der Waals surface area contributed by atoms with Crippen molar-refractivity contribution in [2.24, 2.45) is 0 Å². The average molecular weight is 293 g/mol. The van der Waals surface area contributed by atoms with Crippen LogP contribution >= 0.6 is 11.6 Å². The first-order chi connectivity index (χ1) is 8.21. The average Bonchev–Trinajstić information content (AvgIpc) is 2.31. The number of sulfonamides is 1. The first-order valence-corrected chi connectivity index (χ1v) is 7.18. The molecular weight excluding hydrogens is 276 g/mol. The number of halogens is 1. The smallest absolute Gasteiger partial charge is 0.243 e. The highest BCUT2D eigenvalue weighted by atomic mass is 35.5. The zero-order valence-electron chi connectivity index (χ0n) is 10.5. The SMILES string of the molecule is Cc1cc(Cl)c(N)cc1S(=O)(=O)N(C)C(C)CO. The topological polar surface area (TPSA) is 83.6 Å². The number of nitrogens with zero attached hydrogens (tertiary/aromatic N) is 1. The van der Waals surface area contributed by atoms with Crippen LogP contribution in [0.2, 0.25) is 5.02 Å². The quantitative estimate of drug-likeness (QED) is 0.818. The van der Waals surface area contributed by atoms with Crippen molar-refractivity contribution >= 4 is 27.3 Å². The summed E-state index contributed by atoms with van der Waals surface area (Å²) in [6.07, 6.45) is 0. The second-order valence-electron chi connectivity index (χ2n) is 4.19. The van der Waals surface area contributed by atoms with E-state index in [1.165, 1.54) is 19.2 Å². The monoisotopic (exact) mass is 292 g/mol. The highest BCUT2D eigenvalue weighted by molar-refractivity contribution is 7.89. The Labute approximate surface area is 112 Å². The van der Waals surface area contributed by atoms with Gasteiger partial charge >= 0.3 is 0 Å². The summed E-state index contributed by atoms with van der Waals surface area (Å²) >= 11 is 5.83. The molecule has 0 saturated carbocycles. The van der Waals surface area contributed by atoms with Gasteiger partial charge in [-0.3, -0.25) is 0 Å². The summed E-state index contributed by atoms with van der Waals surface area (Å²) in [5, 5.41) is 9.35. The number of nitrogen functional groups attached to an aromatic ring is 1. The minimum atomic E-state index is -3.69. The molecule has 1 aromatic rings. The van der Waals surface area contributed by atoms with Crippen LogP contribution in [-0.2, 0) is 10.0 Å². The minimum Gasteiger partial charge on any atom is -0.397 e. The summed E-state index contributed by atoms with van der Waals surface area (Å²) < 4.78 is 25.8. The van der Waals surface area contributed by atoms with E-state index in [-0.39, 0.29) is 17.2 Å². The van der Waals surface area contributed by atoms with Crippen LogP contribution in [0.3, 0.4) is 0 Å². The molecule has 0 bridgehead atoms. The van der Waals surface area contributed by atoms with E-state index in [4.69, 9.17) is 22.4 Å². The van der Waals surface area contributed by atoms with Crippen molar-refractivity contribution in [1.82, 2.24) is 4.31 Å². The zero-order valence-corrected chi connectivity index (χ0v) is 12.1. The fraction of sp³-hybridized carbons (Fsp3) is 0.455. The molecule has 18 heavy (non-hydrogen) atoms. The molecule has 1 aromatic carbocycles. The normalized spacial score (nSPS) is 13.9. The van der Waals surface area contributed by atoms with Crippen molar-refractivity contribution < 1.29 is 13.5 Å². The number of aryl methyl sites for hydroxylation is 1. The van der Waals surface area contributed by atoms with Crippen LogP contribution in [0.1, 0.15) is 12.5 Å². The molecule has 1 atom stereocenters. The lowest BCUT2D eigenvalue weighted by atomic mass is 10.2. The number of hydrogen-bond donors (Lipinski definition) is 2. The predicted molar refractivity (Wildman–Crippen MR) is 72.1 cm³/mol. The van der Waals surface area contributed by atoms with Crippen molar-refractivity contribution in [1.29, 1.82) is 0 Å². The third kappa shape index (κ3) is 2.77. The maximum atomic E-state index is 12.3. The molecule has 0 aliphatic heterocycles. The van der Waals surface area contributed by atoms with Gasteiger partial charge in [-0.1, -0.05) is 11.6 Å². The van der Waals surface area contributed by atoms with E-state index in [1.807, 2.05) is 0 Å². The molecule has 102 valence electrons. The lowest BCUT2D eigenvalue weighted by molar-refractivity contribution is 0.214. The first-order valence-electron chi connectivity index (χ1n) is 5.36. The van der Waals surface area contributed by atoms with Crippen LogP contribution in [0.5, 0.6) is 0 Å². The van der Waals surface area contributed by atoms with Gasteiger partial charge in [0, 0.05) is 13.1 Å².